The summed E-state index contributed by atoms with van der Waals surface area (Å²) in [7, 11) is 1.32. The van der Waals surface area contributed by atoms with Crippen LogP contribution in [0.5, 0.6) is 0 Å². The molecule has 134 valence electrons. The van der Waals surface area contributed by atoms with Crippen molar-refractivity contribution in [3.63, 3.8) is 0 Å². The maximum atomic E-state index is 12.1. The van der Waals surface area contributed by atoms with Crippen molar-refractivity contribution >= 4 is 35.3 Å². The van der Waals surface area contributed by atoms with Crippen molar-refractivity contribution in [3.8, 4) is 0 Å². The Bertz CT molecular complexity index is 834. The second kappa shape index (κ2) is 8.05. The van der Waals surface area contributed by atoms with Crippen LogP contribution in [0.3, 0.4) is 0 Å². The fraction of sp³-hybridized carbons (Fsp3) is 0.211. The smallest absolute Gasteiger partial charge is 0.337 e. The first kappa shape index (κ1) is 18.0. The van der Waals surface area contributed by atoms with E-state index in [0.29, 0.717) is 5.56 Å². The summed E-state index contributed by atoms with van der Waals surface area (Å²) in [6, 6.07) is 14.1. The molecule has 1 atom stereocenters. The third kappa shape index (κ3) is 4.23. The van der Waals surface area contributed by atoms with Crippen molar-refractivity contribution in [2.45, 2.75) is 23.2 Å². The number of ether oxygens (including phenoxy) is 2. The van der Waals surface area contributed by atoms with Gasteiger partial charge in [-0.2, -0.15) is 0 Å². The molecule has 0 saturated carbocycles. The summed E-state index contributed by atoms with van der Waals surface area (Å²) in [6.07, 6.45) is -0.00885. The van der Waals surface area contributed by atoms with Crippen molar-refractivity contribution in [1.29, 1.82) is 0 Å². The van der Waals surface area contributed by atoms with Gasteiger partial charge in [-0.25, -0.2) is 4.79 Å². The van der Waals surface area contributed by atoms with Crippen LogP contribution in [-0.4, -0.2) is 30.2 Å². The molecule has 0 aromatic heterocycles. The van der Waals surface area contributed by atoms with Crippen LogP contribution in [0.2, 0.25) is 0 Å². The summed E-state index contributed by atoms with van der Waals surface area (Å²) in [4.78, 5) is 36.5. The first-order valence-electron chi connectivity index (χ1n) is 7.96. The molecule has 1 heterocycles. The highest BCUT2D eigenvalue weighted by atomic mass is 32.2. The molecule has 0 bridgehead atoms. The van der Waals surface area contributed by atoms with E-state index >= 15 is 0 Å². The molecule has 2 aromatic rings. The standard InChI is InChI=1S/C19H17NO5S/c1-24-19(23)13-8-6-12(7-9-13)11-25-17(21)10-16-18(22)20-14-4-2-3-5-15(14)26-16/h2-9,16H,10-11H2,1H3,(H,20,22)/t16-/m0/s1. The summed E-state index contributed by atoms with van der Waals surface area (Å²) < 4.78 is 9.87. The lowest BCUT2D eigenvalue weighted by molar-refractivity contribution is -0.145. The molecule has 0 unspecified atom stereocenters. The van der Waals surface area contributed by atoms with E-state index in [1.807, 2.05) is 24.3 Å². The van der Waals surface area contributed by atoms with Crippen LogP contribution >= 0.6 is 11.8 Å². The molecule has 0 fully saturated rings. The van der Waals surface area contributed by atoms with E-state index in [2.05, 4.69) is 10.1 Å². The van der Waals surface area contributed by atoms with Gasteiger partial charge >= 0.3 is 11.9 Å². The van der Waals surface area contributed by atoms with Crippen LogP contribution in [0.1, 0.15) is 22.3 Å². The molecule has 6 nitrogen and oxygen atoms in total. The zero-order valence-corrected chi connectivity index (χ0v) is 14.9. The Hall–Kier alpha value is -2.80. The fourth-order valence-electron chi connectivity index (χ4n) is 2.46. The molecule has 26 heavy (non-hydrogen) atoms. The Morgan fingerprint density at radius 3 is 2.58 bits per heavy atom. The summed E-state index contributed by atoms with van der Waals surface area (Å²) in [5, 5.41) is 2.29. The highest BCUT2D eigenvalue weighted by Gasteiger charge is 2.29. The largest absolute Gasteiger partial charge is 0.465 e. The van der Waals surface area contributed by atoms with E-state index in [9.17, 15) is 14.4 Å². The average Bonchev–Trinajstić information content (AvgIpc) is 2.66. The summed E-state index contributed by atoms with van der Waals surface area (Å²) in [6.45, 7) is 0.0792. The van der Waals surface area contributed by atoms with E-state index in [1.165, 1.54) is 18.9 Å². The maximum Gasteiger partial charge on any atom is 0.337 e. The molecule has 1 amide bonds. The highest BCUT2D eigenvalue weighted by molar-refractivity contribution is 8.01. The van der Waals surface area contributed by atoms with Gasteiger partial charge in [0.1, 0.15) is 6.61 Å². The molecule has 3 rings (SSSR count). The van der Waals surface area contributed by atoms with Crippen LogP contribution in [0, 0.1) is 0 Å². The molecule has 0 aliphatic carbocycles. The van der Waals surface area contributed by atoms with E-state index in [1.54, 1.807) is 24.3 Å². The number of esters is 2. The Morgan fingerprint density at radius 1 is 1.12 bits per heavy atom. The van der Waals surface area contributed by atoms with E-state index in [0.717, 1.165) is 16.1 Å². The van der Waals surface area contributed by atoms with E-state index in [-0.39, 0.29) is 18.9 Å². The van der Waals surface area contributed by atoms with Gasteiger partial charge in [0.15, 0.2) is 0 Å². The Balaban J connectivity index is 1.53. The van der Waals surface area contributed by atoms with Gasteiger partial charge in [0.05, 0.1) is 30.0 Å². The minimum Gasteiger partial charge on any atom is -0.465 e. The van der Waals surface area contributed by atoms with Crippen LogP contribution in [0.15, 0.2) is 53.4 Å². The van der Waals surface area contributed by atoms with Crippen molar-refractivity contribution < 1.29 is 23.9 Å². The lowest BCUT2D eigenvalue weighted by atomic mass is 10.1. The molecular formula is C19H17NO5S. The van der Waals surface area contributed by atoms with Gasteiger partial charge in [0, 0.05) is 4.90 Å². The van der Waals surface area contributed by atoms with Gasteiger partial charge in [-0.3, -0.25) is 9.59 Å². The predicted molar refractivity (Wildman–Crippen MR) is 96.9 cm³/mol. The van der Waals surface area contributed by atoms with E-state index in [4.69, 9.17) is 4.74 Å². The third-order valence-corrected chi connectivity index (χ3v) is 5.11. The molecule has 0 radical (unpaired) electrons. The van der Waals surface area contributed by atoms with Crippen molar-refractivity contribution in [2.24, 2.45) is 0 Å². The third-order valence-electron chi connectivity index (χ3n) is 3.83. The summed E-state index contributed by atoms with van der Waals surface area (Å²) in [5.74, 6) is -1.07. The molecule has 0 spiro atoms. The zero-order chi connectivity index (χ0) is 18.5. The number of hydrogen-bond acceptors (Lipinski definition) is 6. The van der Waals surface area contributed by atoms with E-state index < -0.39 is 17.2 Å². The number of amides is 1. The van der Waals surface area contributed by atoms with Gasteiger partial charge in [0.25, 0.3) is 0 Å². The second-order valence-electron chi connectivity index (χ2n) is 5.65. The molecule has 1 N–H and O–H groups in total. The van der Waals surface area contributed by atoms with Crippen LogP contribution in [-0.2, 0) is 25.7 Å². The first-order valence-corrected chi connectivity index (χ1v) is 8.84. The monoisotopic (exact) mass is 371 g/mol. The lowest BCUT2D eigenvalue weighted by Gasteiger charge is -2.23. The van der Waals surface area contributed by atoms with Crippen LogP contribution in [0.25, 0.3) is 0 Å². The van der Waals surface area contributed by atoms with Gasteiger partial charge in [0.2, 0.25) is 5.91 Å². The number of thioether (sulfide) groups is 1. The maximum absolute atomic E-state index is 12.1. The minimum atomic E-state index is -0.515. The Kier molecular flexibility index (Phi) is 5.58. The Morgan fingerprint density at radius 2 is 1.85 bits per heavy atom. The zero-order valence-electron chi connectivity index (χ0n) is 14.1. The molecule has 1 aliphatic rings. The molecule has 2 aromatic carbocycles. The van der Waals surface area contributed by atoms with Gasteiger partial charge < -0.3 is 14.8 Å². The topological polar surface area (TPSA) is 81.7 Å². The Labute approximate surface area is 154 Å². The number of hydrogen-bond donors (Lipinski definition) is 1. The number of carbonyl (C=O) groups excluding carboxylic acids is 3. The number of methoxy groups -OCH3 is 1. The second-order valence-corrected chi connectivity index (χ2v) is 6.89. The van der Waals surface area contributed by atoms with Gasteiger partial charge in [-0.1, -0.05) is 24.3 Å². The number of nitrogens with one attached hydrogen (secondary N) is 1. The quantitative estimate of drug-likeness (QED) is 0.814. The van der Waals surface area contributed by atoms with Crippen molar-refractivity contribution in [1.82, 2.24) is 0 Å². The normalized spacial score (nSPS) is 15.6. The number of para-hydroxylation sites is 1. The lowest BCUT2D eigenvalue weighted by Crippen LogP contribution is -2.31. The molecule has 1 aliphatic heterocycles. The minimum absolute atomic E-state index is 0.00885. The predicted octanol–water partition coefficient (Wildman–Crippen LogP) is 3.02. The SMILES string of the molecule is COC(=O)c1ccc(COC(=O)C[C@@H]2Sc3ccccc3NC2=O)cc1. The van der Waals surface area contributed by atoms with Crippen LogP contribution in [0.4, 0.5) is 5.69 Å². The van der Waals surface area contributed by atoms with Crippen LogP contribution < -0.4 is 5.32 Å². The number of anilines is 1. The van der Waals surface area contributed by atoms with Gasteiger partial charge in [-0.05, 0) is 29.8 Å². The fourth-order valence-corrected chi connectivity index (χ4v) is 3.55. The number of carbonyl (C=O) groups is 3. The summed E-state index contributed by atoms with van der Waals surface area (Å²) in [5.41, 5.74) is 1.94. The number of fused-ring (bicyclic) bond motifs is 1. The molecule has 0 saturated heterocycles. The van der Waals surface area contributed by atoms with Gasteiger partial charge in [-0.15, -0.1) is 11.8 Å². The summed E-state index contributed by atoms with van der Waals surface area (Å²) >= 11 is 1.36. The highest BCUT2D eigenvalue weighted by Crippen LogP contribution is 2.36. The molecular weight excluding hydrogens is 354 g/mol. The first-order chi connectivity index (χ1) is 12.6. The number of benzene rings is 2. The van der Waals surface area contributed by atoms with Crippen molar-refractivity contribution in [2.75, 3.05) is 12.4 Å². The van der Waals surface area contributed by atoms with Crippen molar-refractivity contribution in [3.05, 3.63) is 59.7 Å². The molecule has 7 heteroatoms. The average molecular weight is 371 g/mol. The number of rotatable bonds is 5.